The number of hydrogen-bond donors (Lipinski definition) is 0. The number of methoxy groups -OCH3 is 1. The summed E-state index contributed by atoms with van der Waals surface area (Å²) in [7, 11) is 1.61. The largest absolute Gasteiger partial charge is 0.481 e. The molecule has 0 fully saturated rings. The molecular weight excluding hydrogens is 507 g/mol. The van der Waals surface area contributed by atoms with Gasteiger partial charge in [0.05, 0.1) is 29.2 Å². The SMILES string of the molecule is CCc1nc(OC)ccc1-c1nc2c(n1C(C)C)C1c3ccc(Cl)cc3-c3c(Cl)ccc(C)c3N1C2=O. The lowest BCUT2D eigenvalue weighted by Crippen LogP contribution is -2.34. The van der Waals surface area contributed by atoms with Crippen LogP contribution in [0.1, 0.15) is 65.9 Å². The van der Waals surface area contributed by atoms with Crippen molar-refractivity contribution in [2.45, 2.75) is 46.2 Å². The van der Waals surface area contributed by atoms with Crippen molar-refractivity contribution in [2.24, 2.45) is 0 Å². The normalized spacial score (nSPS) is 15.5. The number of amides is 1. The number of nitrogens with zero attached hydrogens (tertiary/aromatic N) is 4. The highest BCUT2D eigenvalue weighted by Crippen LogP contribution is 2.55. The first-order valence-corrected chi connectivity index (χ1v) is 13.1. The zero-order chi connectivity index (χ0) is 26.2. The molecule has 2 aliphatic rings. The fraction of sp³-hybridized carbons (Fsp3) is 0.276. The lowest BCUT2D eigenvalue weighted by molar-refractivity contribution is 0.0989. The molecule has 0 radical (unpaired) electrons. The summed E-state index contributed by atoms with van der Waals surface area (Å²) in [6.45, 7) is 8.29. The monoisotopic (exact) mass is 532 g/mol. The zero-order valence-electron chi connectivity index (χ0n) is 21.3. The number of hydrogen-bond acceptors (Lipinski definition) is 4. The molecule has 0 bridgehead atoms. The molecular formula is C29H26Cl2N4O2. The van der Waals surface area contributed by atoms with Gasteiger partial charge in [0.2, 0.25) is 5.88 Å². The van der Waals surface area contributed by atoms with Gasteiger partial charge < -0.3 is 9.30 Å². The van der Waals surface area contributed by atoms with Crippen molar-refractivity contribution in [3.8, 4) is 28.4 Å². The molecule has 37 heavy (non-hydrogen) atoms. The molecule has 8 heteroatoms. The first-order chi connectivity index (χ1) is 17.8. The van der Waals surface area contributed by atoms with Crippen molar-refractivity contribution < 1.29 is 9.53 Å². The van der Waals surface area contributed by atoms with Crippen molar-refractivity contribution in [1.82, 2.24) is 14.5 Å². The third-order valence-electron chi connectivity index (χ3n) is 7.29. The van der Waals surface area contributed by atoms with Gasteiger partial charge in [0.25, 0.3) is 5.91 Å². The molecule has 2 aromatic carbocycles. The van der Waals surface area contributed by atoms with Crippen LogP contribution in [0.5, 0.6) is 5.88 Å². The van der Waals surface area contributed by atoms with Gasteiger partial charge in [-0.15, -0.1) is 0 Å². The van der Waals surface area contributed by atoms with E-state index in [4.69, 9.17) is 32.9 Å². The number of aryl methyl sites for hydroxylation is 2. The average Bonchev–Trinajstić information content (AvgIpc) is 3.41. The van der Waals surface area contributed by atoms with E-state index in [1.54, 1.807) is 7.11 Å². The number of carbonyl (C=O) groups is 1. The number of benzene rings is 2. The maximum atomic E-state index is 14.2. The van der Waals surface area contributed by atoms with Gasteiger partial charge >= 0.3 is 0 Å². The zero-order valence-corrected chi connectivity index (χ0v) is 22.8. The van der Waals surface area contributed by atoms with Gasteiger partial charge in [-0.2, -0.15) is 0 Å². The first kappa shape index (κ1) is 24.0. The molecule has 1 atom stereocenters. The van der Waals surface area contributed by atoms with Crippen molar-refractivity contribution in [2.75, 3.05) is 12.0 Å². The highest BCUT2D eigenvalue weighted by Gasteiger charge is 2.49. The smallest absolute Gasteiger partial charge is 0.279 e. The van der Waals surface area contributed by atoms with E-state index in [-0.39, 0.29) is 18.0 Å². The summed E-state index contributed by atoms with van der Waals surface area (Å²) in [5, 5.41) is 1.21. The van der Waals surface area contributed by atoms with Crippen LogP contribution in [0.3, 0.4) is 0 Å². The molecule has 4 aromatic rings. The van der Waals surface area contributed by atoms with Gasteiger partial charge in [0.15, 0.2) is 5.69 Å². The average molecular weight is 533 g/mol. The van der Waals surface area contributed by atoms with E-state index < -0.39 is 0 Å². The van der Waals surface area contributed by atoms with E-state index >= 15 is 0 Å². The summed E-state index contributed by atoms with van der Waals surface area (Å²) in [5.41, 5.74) is 7.64. The Morgan fingerprint density at radius 1 is 1.05 bits per heavy atom. The Hall–Kier alpha value is -3.35. The van der Waals surface area contributed by atoms with E-state index in [1.807, 2.05) is 54.3 Å². The lowest BCUT2D eigenvalue weighted by atomic mass is 9.86. The van der Waals surface area contributed by atoms with Crippen LogP contribution in [-0.4, -0.2) is 27.6 Å². The van der Waals surface area contributed by atoms with Gasteiger partial charge in [-0.05, 0) is 68.1 Å². The number of pyridine rings is 1. The fourth-order valence-corrected chi connectivity index (χ4v) is 6.16. The van der Waals surface area contributed by atoms with Crippen molar-refractivity contribution in [3.05, 3.63) is 80.7 Å². The van der Waals surface area contributed by atoms with Crippen molar-refractivity contribution in [1.29, 1.82) is 0 Å². The van der Waals surface area contributed by atoms with Crippen LogP contribution in [0.25, 0.3) is 22.5 Å². The number of halogens is 2. The predicted octanol–water partition coefficient (Wildman–Crippen LogP) is 7.44. The maximum Gasteiger partial charge on any atom is 0.279 e. The molecule has 2 aromatic heterocycles. The summed E-state index contributed by atoms with van der Waals surface area (Å²) in [4.78, 5) is 25.7. The second kappa shape index (κ2) is 8.61. The van der Waals surface area contributed by atoms with E-state index in [9.17, 15) is 4.79 Å². The van der Waals surface area contributed by atoms with Crippen molar-refractivity contribution in [3.63, 3.8) is 0 Å². The Labute approximate surface area is 225 Å². The molecule has 1 amide bonds. The minimum Gasteiger partial charge on any atom is -0.481 e. The number of aromatic nitrogens is 3. The quantitative estimate of drug-likeness (QED) is 0.274. The Balaban J connectivity index is 1.66. The minimum atomic E-state index is -0.348. The van der Waals surface area contributed by atoms with Crippen LogP contribution in [0.4, 0.5) is 5.69 Å². The third-order valence-corrected chi connectivity index (χ3v) is 7.84. The Kier molecular flexibility index (Phi) is 5.58. The molecule has 1 unspecified atom stereocenters. The standard InChI is InChI=1S/C29H26Cl2N4O2/c1-6-21-18(10-12-22(32-21)37-5)28-33-24-27(34(28)14(2)3)26-17-9-8-16(30)13-19(17)23-20(31)11-7-15(4)25(23)35(26)29(24)36/h7-14,26H,6H2,1-5H3. The molecule has 6 rings (SSSR count). The molecule has 0 aliphatic carbocycles. The van der Waals surface area contributed by atoms with Crippen LogP contribution in [0, 0.1) is 6.92 Å². The van der Waals surface area contributed by atoms with Gasteiger partial charge in [0.1, 0.15) is 11.9 Å². The van der Waals surface area contributed by atoms with E-state index in [0.29, 0.717) is 28.0 Å². The number of imidazole rings is 1. The Morgan fingerprint density at radius 2 is 1.84 bits per heavy atom. The number of anilines is 1. The third kappa shape index (κ3) is 3.35. The molecule has 2 aliphatic heterocycles. The van der Waals surface area contributed by atoms with Gasteiger partial charge in [-0.1, -0.05) is 42.3 Å². The van der Waals surface area contributed by atoms with E-state index in [2.05, 4.69) is 30.3 Å². The highest BCUT2D eigenvalue weighted by atomic mass is 35.5. The lowest BCUT2D eigenvalue weighted by Gasteiger charge is -2.37. The number of carbonyl (C=O) groups excluding carboxylic acids is 1. The van der Waals surface area contributed by atoms with Crippen LogP contribution >= 0.6 is 23.2 Å². The Bertz CT molecular complexity index is 1610. The Morgan fingerprint density at radius 3 is 2.54 bits per heavy atom. The van der Waals surface area contributed by atoms with Crippen molar-refractivity contribution >= 4 is 34.8 Å². The number of rotatable bonds is 4. The predicted molar refractivity (Wildman–Crippen MR) is 147 cm³/mol. The highest BCUT2D eigenvalue weighted by molar-refractivity contribution is 6.35. The number of fused-ring (bicyclic) bond motifs is 8. The second-order valence-corrected chi connectivity index (χ2v) is 10.6. The molecule has 0 N–H and O–H groups in total. The summed E-state index contributed by atoms with van der Waals surface area (Å²) in [6, 6.07) is 13.2. The van der Waals surface area contributed by atoms with Gasteiger partial charge in [-0.3, -0.25) is 9.69 Å². The first-order valence-electron chi connectivity index (χ1n) is 12.4. The molecule has 4 heterocycles. The van der Waals surface area contributed by atoms with Gasteiger partial charge in [0, 0.05) is 28.3 Å². The van der Waals surface area contributed by atoms with E-state index in [1.165, 1.54) is 0 Å². The maximum absolute atomic E-state index is 14.2. The van der Waals surface area contributed by atoms with Crippen LogP contribution < -0.4 is 9.64 Å². The second-order valence-electron chi connectivity index (χ2n) is 9.73. The molecule has 6 nitrogen and oxygen atoms in total. The van der Waals surface area contributed by atoms with Crippen LogP contribution in [0.2, 0.25) is 10.0 Å². The van der Waals surface area contributed by atoms with Crippen LogP contribution in [0.15, 0.2) is 42.5 Å². The minimum absolute atomic E-state index is 0.0448. The molecule has 188 valence electrons. The van der Waals surface area contributed by atoms with Gasteiger partial charge in [-0.25, -0.2) is 9.97 Å². The van der Waals surface area contributed by atoms with E-state index in [0.717, 1.165) is 50.7 Å². The summed E-state index contributed by atoms with van der Waals surface area (Å²) >= 11 is 13.2. The molecule has 0 saturated carbocycles. The number of ether oxygens (including phenoxy) is 1. The topological polar surface area (TPSA) is 60.3 Å². The fourth-order valence-electron chi connectivity index (χ4n) is 5.74. The molecule has 0 saturated heterocycles. The summed E-state index contributed by atoms with van der Waals surface area (Å²) < 4.78 is 7.54. The summed E-state index contributed by atoms with van der Waals surface area (Å²) in [5.74, 6) is 1.16. The molecule has 0 spiro atoms. The van der Waals surface area contributed by atoms with Crippen LogP contribution in [-0.2, 0) is 6.42 Å². The summed E-state index contributed by atoms with van der Waals surface area (Å²) in [6.07, 6.45) is 0.706.